The summed E-state index contributed by atoms with van der Waals surface area (Å²) in [6, 6.07) is 4.93. The number of aromatic nitrogens is 2. The van der Waals surface area contributed by atoms with E-state index in [2.05, 4.69) is 9.97 Å². The number of nitrogens with two attached hydrogens (primary N) is 1. The second-order valence-corrected chi connectivity index (χ2v) is 7.80. The molecule has 0 saturated carbocycles. The first-order valence-electron chi connectivity index (χ1n) is 7.29. The minimum atomic E-state index is -3.59. The third-order valence-corrected chi connectivity index (χ3v) is 6.30. The Hall–Kier alpha value is -1.70. The Balaban J connectivity index is 2.09. The number of anilines is 1. The molecule has 122 valence electrons. The van der Waals surface area contributed by atoms with Crippen molar-refractivity contribution in [2.45, 2.75) is 24.7 Å². The van der Waals surface area contributed by atoms with Crippen LogP contribution in [-0.2, 0) is 10.0 Å². The number of sulfonamides is 1. The summed E-state index contributed by atoms with van der Waals surface area (Å²) in [5.41, 5.74) is 7.68. The van der Waals surface area contributed by atoms with Crippen molar-refractivity contribution in [1.82, 2.24) is 14.3 Å². The molecule has 23 heavy (non-hydrogen) atoms. The maximum absolute atomic E-state index is 12.8. The number of halogens is 1. The molecule has 1 aromatic carbocycles. The summed E-state index contributed by atoms with van der Waals surface area (Å²) in [6.45, 7) is 2.87. The molecule has 2 N–H and O–H groups in total. The molecule has 1 aliphatic rings. The van der Waals surface area contributed by atoms with Crippen LogP contribution in [0.25, 0.3) is 11.1 Å². The zero-order valence-corrected chi connectivity index (χ0v) is 14.2. The maximum atomic E-state index is 12.8. The SMILES string of the molecule is Cc1nc(N)ncc1-c1ccc(Cl)c(S(=O)(=O)N2CCCC2)c1. The normalized spacial score (nSPS) is 15.9. The van der Waals surface area contributed by atoms with Crippen LogP contribution >= 0.6 is 11.6 Å². The van der Waals surface area contributed by atoms with Crippen LogP contribution in [0, 0.1) is 6.92 Å². The fourth-order valence-corrected chi connectivity index (χ4v) is 4.72. The number of hydrogen-bond acceptors (Lipinski definition) is 5. The Bertz CT molecular complexity index is 849. The average Bonchev–Trinajstić information content (AvgIpc) is 3.03. The van der Waals surface area contributed by atoms with E-state index in [0.29, 0.717) is 24.3 Å². The van der Waals surface area contributed by atoms with Gasteiger partial charge >= 0.3 is 0 Å². The first-order chi connectivity index (χ1) is 10.9. The summed E-state index contributed by atoms with van der Waals surface area (Å²) in [7, 11) is -3.59. The molecule has 3 rings (SSSR count). The Morgan fingerprint density at radius 1 is 1.26 bits per heavy atom. The van der Waals surface area contributed by atoms with Crippen LogP contribution in [-0.4, -0.2) is 35.8 Å². The molecule has 1 fully saturated rings. The van der Waals surface area contributed by atoms with Crippen LogP contribution in [0.2, 0.25) is 5.02 Å². The number of nitrogen functional groups attached to an aromatic ring is 1. The van der Waals surface area contributed by atoms with Crippen LogP contribution in [0.1, 0.15) is 18.5 Å². The molecule has 0 radical (unpaired) electrons. The lowest BCUT2D eigenvalue weighted by Gasteiger charge is -2.17. The molecule has 1 saturated heterocycles. The Morgan fingerprint density at radius 2 is 1.96 bits per heavy atom. The van der Waals surface area contributed by atoms with Crippen molar-refractivity contribution < 1.29 is 8.42 Å². The third kappa shape index (κ3) is 3.04. The summed E-state index contributed by atoms with van der Waals surface area (Å²) in [6.07, 6.45) is 3.34. The molecule has 1 aliphatic heterocycles. The number of nitrogens with zero attached hydrogens (tertiary/aromatic N) is 3. The second kappa shape index (κ2) is 6.07. The first kappa shape index (κ1) is 16.2. The molecule has 2 heterocycles. The van der Waals surface area contributed by atoms with E-state index in [9.17, 15) is 8.42 Å². The second-order valence-electron chi connectivity index (χ2n) is 5.48. The quantitative estimate of drug-likeness (QED) is 0.916. The lowest BCUT2D eigenvalue weighted by atomic mass is 10.1. The molecule has 6 nitrogen and oxygen atoms in total. The number of hydrogen-bond donors (Lipinski definition) is 1. The Morgan fingerprint density at radius 3 is 2.61 bits per heavy atom. The molecule has 8 heteroatoms. The minimum absolute atomic E-state index is 0.120. The van der Waals surface area contributed by atoms with Gasteiger partial charge in [0, 0.05) is 24.8 Å². The van der Waals surface area contributed by atoms with Gasteiger partial charge in [-0.1, -0.05) is 17.7 Å². The van der Waals surface area contributed by atoms with Crippen LogP contribution in [0.3, 0.4) is 0 Å². The van der Waals surface area contributed by atoms with E-state index < -0.39 is 10.0 Å². The van der Waals surface area contributed by atoms with Crippen LogP contribution in [0.4, 0.5) is 5.95 Å². The van der Waals surface area contributed by atoms with Crippen molar-refractivity contribution in [2.75, 3.05) is 18.8 Å². The predicted octanol–water partition coefficient (Wildman–Crippen LogP) is 2.47. The standard InChI is InChI=1S/C15H17ClN4O2S/c1-10-12(9-18-15(17)19-10)11-4-5-13(16)14(8-11)23(21,22)20-6-2-3-7-20/h4-5,8-9H,2-3,6-7H2,1H3,(H2,17,18,19). The highest BCUT2D eigenvalue weighted by Gasteiger charge is 2.29. The lowest BCUT2D eigenvalue weighted by Crippen LogP contribution is -2.28. The van der Waals surface area contributed by atoms with Crippen LogP contribution < -0.4 is 5.73 Å². The van der Waals surface area contributed by atoms with Crippen molar-refractivity contribution in [3.05, 3.63) is 35.1 Å². The summed E-state index contributed by atoms with van der Waals surface area (Å²) >= 11 is 6.15. The van der Waals surface area contributed by atoms with Crippen LogP contribution in [0.15, 0.2) is 29.3 Å². The highest BCUT2D eigenvalue weighted by molar-refractivity contribution is 7.89. The molecule has 0 spiro atoms. The van der Waals surface area contributed by atoms with Gasteiger partial charge < -0.3 is 5.73 Å². The zero-order valence-electron chi connectivity index (χ0n) is 12.7. The van der Waals surface area contributed by atoms with E-state index in [0.717, 1.165) is 18.4 Å². The van der Waals surface area contributed by atoms with Gasteiger partial charge in [0.25, 0.3) is 0 Å². The molecular formula is C15H17ClN4O2S. The van der Waals surface area contributed by atoms with Gasteiger partial charge in [0.1, 0.15) is 4.90 Å². The third-order valence-electron chi connectivity index (χ3n) is 3.92. The molecule has 0 bridgehead atoms. The van der Waals surface area contributed by atoms with Crippen LogP contribution in [0.5, 0.6) is 0 Å². The van der Waals surface area contributed by atoms with Crippen molar-refractivity contribution in [2.24, 2.45) is 0 Å². The fourth-order valence-electron chi connectivity index (χ4n) is 2.70. The predicted molar refractivity (Wildman–Crippen MR) is 89.6 cm³/mol. The Kier molecular flexibility index (Phi) is 4.27. The summed E-state index contributed by atoms with van der Waals surface area (Å²) in [5.74, 6) is 0.185. The van der Waals surface area contributed by atoms with Gasteiger partial charge in [-0.15, -0.1) is 0 Å². The van der Waals surface area contributed by atoms with Crippen molar-refractivity contribution in [3.63, 3.8) is 0 Å². The lowest BCUT2D eigenvalue weighted by molar-refractivity contribution is 0.477. The highest BCUT2D eigenvalue weighted by Crippen LogP contribution is 2.32. The molecule has 0 amide bonds. The topological polar surface area (TPSA) is 89.2 Å². The molecule has 2 aromatic rings. The maximum Gasteiger partial charge on any atom is 0.244 e. The highest BCUT2D eigenvalue weighted by atomic mass is 35.5. The molecule has 0 atom stereocenters. The Labute approximate surface area is 140 Å². The van der Waals surface area contributed by atoms with Gasteiger partial charge in [-0.05, 0) is 37.5 Å². The molecule has 1 aromatic heterocycles. The van der Waals surface area contributed by atoms with E-state index in [1.165, 1.54) is 4.31 Å². The van der Waals surface area contributed by atoms with E-state index in [1.54, 1.807) is 31.3 Å². The molecule has 0 aliphatic carbocycles. The summed E-state index contributed by atoms with van der Waals surface area (Å²) < 4.78 is 27.0. The van der Waals surface area contributed by atoms with Crippen molar-refractivity contribution in [3.8, 4) is 11.1 Å². The molecular weight excluding hydrogens is 336 g/mol. The van der Waals surface area contributed by atoms with Gasteiger partial charge in [0.2, 0.25) is 16.0 Å². The van der Waals surface area contributed by atoms with Crippen molar-refractivity contribution >= 4 is 27.6 Å². The first-order valence-corrected chi connectivity index (χ1v) is 9.10. The van der Waals surface area contributed by atoms with E-state index in [4.69, 9.17) is 17.3 Å². The summed E-state index contributed by atoms with van der Waals surface area (Å²) in [4.78, 5) is 8.22. The van der Waals surface area contributed by atoms with Gasteiger partial charge in [-0.25, -0.2) is 18.4 Å². The fraction of sp³-hybridized carbons (Fsp3) is 0.333. The number of benzene rings is 1. The zero-order chi connectivity index (χ0) is 16.6. The smallest absolute Gasteiger partial charge is 0.244 e. The van der Waals surface area contributed by atoms with E-state index in [1.807, 2.05) is 0 Å². The van der Waals surface area contributed by atoms with Gasteiger partial charge in [0.05, 0.1) is 10.7 Å². The van der Waals surface area contributed by atoms with Gasteiger partial charge in [0.15, 0.2) is 0 Å². The molecule has 0 unspecified atom stereocenters. The van der Waals surface area contributed by atoms with E-state index in [-0.39, 0.29) is 15.9 Å². The van der Waals surface area contributed by atoms with Gasteiger partial charge in [-0.2, -0.15) is 4.31 Å². The largest absolute Gasteiger partial charge is 0.368 e. The van der Waals surface area contributed by atoms with E-state index >= 15 is 0 Å². The minimum Gasteiger partial charge on any atom is -0.368 e. The van der Waals surface area contributed by atoms with Crippen molar-refractivity contribution in [1.29, 1.82) is 0 Å². The summed E-state index contributed by atoms with van der Waals surface area (Å²) in [5, 5.41) is 0.217. The average molecular weight is 353 g/mol. The number of aryl methyl sites for hydroxylation is 1. The number of rotatable bonds is 3. The van der Waals surface area contributed by atoms with Gasteiger partial charge in [-0.3, -0.25) is 0 Å². The monoisotopic (exact) mass is 352 g/mol.